The van der Waals surface area contributed by atoms with Gasteiger partial charge in [-0.1, -0.05) is 6.92 Å². The summed E-state index contributed by atoms with van der Waals surface area (Å²) in [5.41, 5.74) is 6.54. The molecule has 0 amide bonds. The van der Waals surface area contributed by atoms with Crippen LogP contribution in [0.4, 0.5) is 0 Å². The first-order valence-electron chi connectivity index (χ1n) is 4.81. The Kier molecular flexibility index (Phi) is 4.04. The fourth-order valence-electron chi connectivity index (χ4n) is 0.996. The van der Waals surface area contributed by atoms with Crippen molar-refractivity contribution in [2.24, 2.45) is 5.73 Å². The van der Waals surface area contributed by atoms with Crippen molar-refractivity contribution in [3.63, 3.8) is 0 Å². The molecule has 1 aromatic heterocycles. The van der Waals surface area contributed by atoms with E-state index in [0.717, 1.165) is 17.1 Å². The van der Waals surface area contributed by atoms with Crippen molar-refractivity contribution < 1.29 is 4.74 Å². The van der Waals surface area contributed by atoms with Gasteiger partial charge in [0.25, 0.3) is 0 Å². The molecule has 0 aliphatic heterocycles. The molecule has 0 atom stereocenters. The molecule has 1 rings (SSSR count). The minimum absolute atomic E-state index is 0.260. The molecular formula is C10H18N2OS. The van der Waals surface area contributed by atoms with Gasteiger partial charge in [0.1, 0.15) is 0 Å². The Labute approximate surface area is 89.3 Å². The van der Waals surface area contributed by atoms with Crippen molar-refractivity contribution >= 4 is 11.3 Å². The van der Waals surface area contributed by atoms with Crippen LogP contribution in [0.5, 0.6) is 0 Å². The quantitative estimate of drug-likeness (QED) is 0.815. The zero-order valence-corrected chi connectivity index (χ0v) is 9.86. The SMILES string of the molecule is CCc1nc(COCC(C)(C)N)cs1. The topological polar surface area (TPSA) is 48.1 Å². The van der Waals surface area contributed by atoms with Gasteiger partial charge in [0.2, 0.25) is 0 Å². The number of rotatable bonds is 5. The minimum atomic E-state index is -0.260. The third-order valence-corrected chi connectivity index (χ3v) is 2.67. The van der Waals surface area contributed by atoms with Gasteiger partial charge in [-0.3, -0.25) is 0 Å². The Balaban J connectivity index is 2.31. The summed E-state index contributed by atoms with van der Waals surface area (Å²) in [6.07, 6.45) is 0.993. The largest absolute Gasteiger partial charge is 0.373 e. The molecule has 0 spiro atoms. The maximum atomic E-state index is 5.79. The van der Waals surface area contributed by atoms with E-state index in [9.17, 15) is 0 Å². The third kappa shape index (κ3) is 4.17. The second-order valence-corrected chi connectivity index (χ2v) is 5.01. The smallest absolute Gasteiger partial charge is 0.0926 e. The molecule has 1 heterocycles. The number of nitrogens with zero attached hydrogens (tertiary/aromatic N) is 1. The molecule has 0 bridgehead atoms. The van der Waals surface area contributed by atoms with Crippen LogP contribution in [0.25, 0.3) is 0 Å². The summed E-state index contributed by atoms with van der Waals surface area (Å²) in [5, 5.41) is 3.21. The summed E-state index contributed by atoms with van der Waals surface area (Å²) in [5.74, 6) is 0. The lowest BCUT2D eigenvalue weighted by molar-refractivity contribution is 0.0832. The van der Waals surface area contributed by atoms with Crippen LogP contribution >= 0.6 is 11.3 Å². The number of ether oxygens (including phenoxy) is 1. The minimum Gasteiger partial charge on any atom is -0.373 e. The Hall–Kier alpha value is -0.450. The number of aryl methyl sites for hydroxylation is 1. The predicted molar refractivity (Wildman–Crippen MR) is 59.4 cm³/mol. The van der Waals surface area contributed by atoms with Gasteiger partial charge in [0.05, 0.1) is 23.9 Å². The van der Waals surface area contributed by atoms with Gasteiger partial charge in [-0.05, 0) is 20.3 Å². The Morgan fingerprint density at radius 2 is 2.29 bits per heavy atom. The van der Waals surface area contributed by atoms with E-state index in [0.29, 0.717) is 13.2 Å². The summed E-state index contributed by atoms with van der Waals surface area (Å²) >= 11 is 1.69. The number of hydrogen-bond acceptors (Lipinski definition) is 4. The van der Waals surface area contributed by atoms with Gasteiger partial charge in [0.15, 0.2) is 0 Å². The lowest BCUT2D eigenvalue weighted by atomic mass is 10.1. The summed E-state index contributed by atoms with van der Waals surface area (Å²) < 4.78 is 5.46. The van der Waals surface area contributed by atoms with Crippen LogP contribution in [0.2, 0.25) is 0 Å². The van der Waals surface area contributed by atoms with Gasteiger partial charge in [-0.15, -0.1) is 11.3 Å². The van der Waals surface area contributed by atoms with E-state index in [1.54, 1.807) is 11.3 Å². The number of nitrogens with two attached hydrogens (primary N) is 1. The highest BCUT2D eigenvalue weighted by Crippen LogP contribution is 2.11. The average molecular weight is 214 g/mol. The molecule has 1 aromatic rings. The van der Waals surface area contributed by atoms with Crippen molar-refractivity contribution in [1.29, 1.82) is 0 Å². The number of thiazole rings is 1. The third-order valence-electron chi connectivity index (χ3n) is 1.63. The van der Waals surface area contributed by atoms with Gasteiger partial charge in [0, 0.05) is 10.9 Å². The molecule has 0 saturated carbocycles. The second-order valence-electron chi connectivity index (χ2n) is 4.07. The predicted octanol–water partition coefficient (Wildman–Crippen LogP) is 1.96. The van der Waals surface area contributed by atoms with Crippen LogP contribution in [0, 0.1) is 0 Å². The first kappa shape index (κ1) is 11.6. The summed E-state index contributed by atoms with van der Waals surface area (Å²) in [6.45, 7) is 7.13. The first-order valence-corrected chi connectivity index (χ1v) is 5.69. The molecule has 3 nitrogen and oxygen atoms in total. The average Bonchev–Trinajstić information content (AvgIpc) is 2.50. The van der Waals surface area contributed by atoms with Gasteiger partial charge < -0.3 is 10.5 Å². The van der Waals surface area contributed by atoms with Crippen molar-refractivity contribution in [2.75, 3.05) is 6.61 Å². The number of hydrogen-bond donors (Lipinski definition) is 1. The highest BCUT2D eigenvalue weighted by Gasteiger charge is 2.10. The van der Waals surface area contributed by atoms with Crippen LogP contribution in [0.1, 0.15) is 31.5 Å². The molecule has 4 heteroatoms. The molecule has 0 aromatic carbocycles. The van der Waals surface area contributed by atoms with Gasteiger partial charge in [-0.25, -0.2) is 4.98 Å². The molecule has 0 fully saturated rings. The van der Waals surface area contributed by atoms with Crippen LogP contribution in [0.3, 0.4) is 0 Å². The molecule has 0 saturated heterocycles. The molecule has 0 aliphatic carbocycles. The van der Waals surface area contributed by atoms with Crippen molar-refractivity contribution in [3.05, 3.63) is 16.1 Å². The normalized spacial score (nSPS) is 12.0. The van der Waals surface area contributed by atoms with Crippen molar-refractivity contribution in [3.8, 4) is 0 Å². The standard InChI is InChI=1S/C10H18N2OS/c1-4-9-12-8(6-14-9)5-13-7-10(2,3)11/h6H,4-5,7,11H2,1-3H3. The molecule has 0 unspecified atom stereocenters. The van der Waals surface area contributed by atoms with E-state index >= 15 is 0 Å². The zero-order chi connectivity index (χ0) is 10.6. The highest BCUT2D eigenvalue weighted by atomic mass is 32.1. The first-order chi connectivity index (χ1) is 6.51. The molecule has 0 aliphatic rings. The van der Waals surface area contributed by atoms with E-state index in [4.69, 9.17) is 10.5 Å². The fraction of sp³-hybridized carbons (Fsp3) is 0.700. The summed E-state index contributed by atoms with van der Waals surface area (Å²) in [4.78, 5) is 4.40. The second kappa shape index (κ2) is 4.87. The van der Waals surface area contributed by atoms with E-state index in [-0.39, 0.29) is 5.54 Å². The molecule has 14 heavy (non-hydrogen) atoms. The monoisotopic (exact) mass is 214 g/mol. The number of aromatic nitrogens is 1. The van der Waals surface area contributed by atoms with Crippen LogP contribution in [0.15, 0.2) is 5.38 Å². The summed E-state index contributed by atoms with van der Waals surface area (Å²) in [6, 6.07) is 0. The zero-order valence-electron chi connectivity index (χ0n) is 9.04. The van der Waals surface area contributed by atoms with Crippen LogP contribution in [-0.4, -0.2) is 17.1 Å². The van der Waals surface area contributed by atoms with E-state index in [1.165, 1.54) is 0 Å². The molecule has 80 valence electrons. The highest BCUT2D eigenvalue weighted by molar-refractivity contribution is 7.09. The lowest BCUT2D eigenvalue weighted by Crippen LogP contribution is -2.37. The Bertz CT molecular complexity index is 278. The van der Waals surface area contributed by atoms with Gasteiger partial charge in [-0.2, -0.15) is 0 Å². The van der Waals surface area contributed by atoms with E-state index in [2.05, 4.69) is 11.9 Å². The molecular weight excluding hydrogens is 196 g/mol. The molecule has 0 radical (unpaired) electrons. The van der Waals surface area contributed by atoms with Gasteiger partial charge >= 0.3 is 0 Å². The Morgan fingerprint density at radius 1 is 1.57 bits per heavy atom. The van der Waals surface area contributed by atoms with Crippen LogP contribution < -0.4 is 5.73 Å². The Morgan fingerprint density at radius 3 is 2.79 bits per heavy atom. The lowest BCUT2D eigenvalue weighted by Gasteiger charge is -2.17. The maximum absolute atomic E-state index is 5.79. The summed E-state index contributed by atoms with van der Waals surface area (Å²) in [7, 11) is 0. The van der Waals surface area contributed by atoms with E-state index in [1.807, 2.05) is 19.2 Å². The van der Waals surface area contributed by atoms with Crippen molar-refractivity contribution in [2.45, 2.75) is 39.3 Å². The van der Waals surface area contributed by atoms with E-state index < -0.39 is 0 Å². The molecule has 2 N–H and O–H groups in total. The van der Waals surface area contributed by atoms with Crippen LogP contribution in [-0.2, 0) is 17.8 Å². The fourth-order valence-corrected chi connectivity index (χ4v) is 1.73. The van der Waals surface area contributed by atoms with Crippen molar-refractivity contribution in [1.82, 2.24) is 4.98 Å². The maximum Gasteiger partial charge on any atom is 0.0926 e.